The average molecular weight is 308 g/mol. The number of hydrogen-bond donors (Lipinski definition) is 1. The minimum Gasteiger partial charge on any atom is -0.390 e. The van der Waals surface area contributed by atoms with Gasteiger partial charge in [0.15, 0.2) is 5.78 Å². The lowest BCUT2D eigenvalue weighted by molar-refractivity contribution is -0.0936. The molecule has 0 amide bonds. The number of fused-ring (bicyclic) bond motifs is 1. The first-order valence-corrected chi connectivity index (χ1v) is 8.19. The Morgan fingerprint density at radius 1 is 1.33 bits per heavy atom. The highest BCUT2D eigenvalue weighted by molar-refractivity contribution is 6.34. The van der Waals surface area contributed by atoms with E-state index in [1.165, 1.54) is 6.42 Å². The quantitative estimate of drug-likeness (QED) is 0.872. The molecule has 2 fully saturated rings. The molecule has 1 saturated heterocycles. The maximum absolute atomic E-state index is 12.4. The SMILES string of the molecule is O=C(CN1CCC2(O)CCCCC2C1)c1ccccc1Cl. The van der Waals surface area contributed by atoms with Gasteiger partial charge < -0.3 is 5.11 Å². The third-order valence-electron chi connectivity index (χ3n) is 5.05. The maximum Gasteiger partial charge on any atom is 0.178 e. The molecule has 2 unspecified atom stereocenters. The van der Waals surface area contributed by atoms with E-state index in [9.17, 15) is 9.90 Å². The molecule has 0 bridgehead atoms. The molecule has 1 aliphatic carbocycles. The molecule has 1 N–H and O–H groups in total. The number of hydrogen-bond acceptors (Lipinski definition) is 3. The lowest BCUT2D eigenvalue weighted by atomic mass is 9.71. The van der Waals surface area contributed by atoms with E-state index >= 15 is 0 Å². The zero-order chi connectivity index (χ0) is 14.9. The second kappa shape index (κ2) is 6.07. The van der Waals surface area contributed by atoms with Crippen LogP contribution in [0.4, 0.5) is 0 Å². The highest BCUT2D eigenvalue weighted by Crippen LogP contribution is 2.39. The van der Waals surface area contributed by atoms with Crippen molar-refractivity contribution in [3.8, 4) is 0 Å². The molecule has 4 heteroatoms. The number of nitrogens with zero attached hydrogens (tertiary/aromatic N) is 1. The molecule has 21 heavy (non-hydrogen) atoms. The topological polar surface area (TPSA) is 40.5 Å². The van der Waals surface area contributed by atoms with E-state index in [-0.39, 0.29) is 5.78 Å². The highest BCUT2D eigenvalue weighted by atomic mass is 35.5. The fourth-order valence-electron chi connectivity index (χ4n) is 3.76. The molecule has 1 aliphatic heterocycles. The Morgan fingerprint density at radius 2 is 2.14 bits per heavy atom. The van der Waals surface area contributed by atoms with E-state index in [1.54, 1.807) is 12.1 Å². The van der Waals surface area contributed by atoms with Crippen molar-refractivity contribution < 1.29 is 9.90 Å². The smallest absolute Gasteiger partial charge is 0.178 e. The summed E-state index contributed by atoms with van der Waals surface area (Å²) < 4.78 is 0. The molecule has 2 aliphatic rings. The Balaban J connectivity index is 1.64. The monoisotopic (exact) mass is 307 g/mol. The van der Waals surface area contributed by atoms with E-state index in [0.717, 1.165) is 38.8 Å². The molecule has 3 rings (SSSR count). The number of ketones is 1. The number of carbonyl (C=O) groups excluding carboxylic acids is 1. The molecule has 1 heterocycles. The lowest BCUT2D eigenvalue weighted by Crippen LogP contribution is -2.54. The highest BCUT2D eigenvalue weighted by Gasteiger charge is 2.42. The summed E-state index contributed by atoms with van der Waals surface area (Å²) in [5, 5.41) is 11.2. The number of halogens is 1. The number of Topliss-reactive ketones (excluding diaryl/α,β-unsaturated/α-hetero) is 1. The number of aliphatic hydroxyl groups is 1. The second-order valence-electron chi connectivity index (χ2n) is 6.43. The molecule has 0 radical (unpaired) electrons. The van der Waals surface area contributed by atoms with Crippen LogP contribution in [0, 0.1) is 5.92 Å². The van der Waals surface area contributed by atoms with Crippen LogP contribution < -0.4 is 0 Å². The number of likely N-dealkylation sites (tertiary alicyclic amines) is 1. The van der Waals surface area contributed by atoms with Crippen molar-refractivity contribution in [2.45, 2.75) is 37.7 Å². The first-order valence-electron chi connectivity index (χ1n) is 7.81. The predicted molar refractivity (Wildman–Crippen MR) is 83.7 cm³/mol. The standard InChI is InChI=1S/C17H22ClNO2/c18-15-7-2-1-6-14(15)16(20)12-19-10-9-17(21)8-4-3-5-13(17)11-19/h1-2,6-7,13,21H,3-5,8-12H2. The Kier molecular flexibility index (Phi) is 4.34. The molecule has 0 aromatic heterocycles. The Bertz CT molecular complexity index is 533. The van der Waals surface area contributed by atoms with Gasteiger partial charge in [-0.25, -0.2) is 0 Å². The molecule has 2 atom stereocenters. The van der Waals surface area contributed by atoms with Crippen molar-refractivity contribution in [1.29, 1.82) is 0 Å². The number of carbonyl (C=O) groups is 1. The maximum atomic E-state index is 12.4. The van der Waals surface area contributed by atoms with E-state index in [1.807, 2.05) is 12.1 Å². The molecule has 0 spiro atoms. The van der Waals surface area contributed by atoms with Gasteiger partial charge in [-0.2, -0.15) is 0 Å². The first-order chi connectivity index (χ1) is 10.1. The zero-order valence-corrected chi connectivity index (χ0v) is 13.0. The second-order valence-corrected chi connectivity index (χ2v) is 6.84. The molecular formula is C17H22ClNO2. The summed E-state index contributed by atoms with van der Waals surface area (Å²) in [4.78, 5) is 14.6. The van der Waals surface area contributed by atoms with Gasteiger partial charge in [-0.1, -0.05) is 36.6 Å². The van der Waals surface area contributed by atoms with Crippen LogP contribution in [0.15, 0.2) is 24.3 Å². The number of piperidine rings is 1. The predicted octanol–water partition coefficient (Wildman–Crippen LogP) is 3.15. The van der Waals surface area contributed by atoms with Crippen LogP contribution in [0.5, 0.6) is 0 Å². The fourth-order valence-corrected chi connectivity index (χ4v) is 4.00. The van der Waals surface area contributed by atoms with Crippen LogP contribution >= 0.6 is 11.6 Å². The van der Waals surface area contributed by atoms with Crippen LogP contribution in [0.1, 0.15) is 42.5 Å². The summed E-state index contributed by atoms with van der Waals surface area (Å²) in [6, 6.07) is 7.22. The molecule has 1 saturated carbocycles. The molecule has 1 aromatic carbocycles. The normalized spacial score (nSPS) is 29.9. The third kappa shape index (κ3) is 3.15. The van der Waals surface area contributed by atoms with Gasteiger partial charge in [0, 0.05) is 24.6 Å². The van der Waals surface area contributed by atoms with Gasteiger partial charge in [0.2, 0.25) is 0 Å². The van der Waals surface area contributed by atoms with E-state index < -0.39 is 5.60 Å². The van der Waals surface area contributed by atoms with Crippen molar-refractivity contribution in [2.24, 2.45) is 5.92 Å². The van der Waals surface area contributed by atoms with Crippen molar-refractivity contribution in [3.63, 3.8) is 0 Å². The van der Waals surface area contributed by atoms with Gasteiger partial charge >= 0.3 is 0 Å². The Morgan fingerprint density at radius 3 is 2.95 bits per heavy atom. The Hall–Kier alpha value is -0.900. The Labute approximate surface area is 130 Å². The van der Waals surface area contributed by atoms with Gasteiger partial charge in [0.1, 0.15) is 0 Å². The van der Waals surface area contributed by atoms with Gasteiger partial charge in [0.25, 0.3) is 0 Å². The summed E-state index contributed by atoms with van der Waals surface area (Å²) in [7, 11) is 0. The van der Waals surface area contributed by atoms with Crippen molar-refractivity contribution >= 4 is 17.4 Å². The fraction of sp³-hybridized carbons (Fsp3) is 0.588. The van der Waals surface area contributed by atoms with Gasteiger partial charge in [-0.15, -0.1) is 0 Å². The van der Waals surface area contributed by atoms with Crippen LogP contribution in [0.2, 0.25) is 5.02 Å². The van der Waals surface area contributed by atoms with E-state index in [2.05, 4.69) is 4.90 Å². The summed E-state index contributed by atoms with van der Waals surface area (Å²) in [5.74, 6) is 0.390. The molecule has 1 aromatic rings. The largest absolute Gasteiger partial charge is 0.390 e. The van der Waals surface area contributed by atoms with E-state index in [4.69, 9.17) is 11.6 Å². The van der Waals surface area contributed by atoms with Gasteiger partial charge in [0.05, 0.1) is 17.2 Å². The van der Waals surface area contributed by atoms with Crippen molar-refractivity contribution in [3.05, 3.63) is 34.9 Å². The third-order valence-corrected chi connectivity index (χ3v) is 5.38. The summed E-state index contributed by atoms with van der Waals surface area (Å²) in [6.45, 7) is 2.02. The average Bonchev–Trinajstić information content (AvgIpc) is 2.48. The van der Waals surface area contributed by atoms with Crippen molar-refractivity contribution in [2.75, 3.05) is 19.6 Å². The summed E-state index contributed by atoms with van der Waals surface area (Å²) >= 11 is 6.09. The first kappa shape index (κ1) is 15.0. The number of benzene rings is 1. The molecule has 114 valence electrons. The van der Waals surface area contributed by atoms with Crippen LogP contribution in [-0.2, 0) is 0 Å². The molecule has 3 nitrogen and oxygen atoms in total. The van der Waals surface area contributed by atoms with Gasteiger partial charge in [-0.3, -0.25) is 9.69 Å². The summed E-state index contributed by atoms with van der Waals surface area (Å²) in [5.41, 5.74) is 0.117. The zero-order valence-electron chi connectivity index (χ0n) is 12.2. The van der Waals surface area contributed by atoms with Gasteiger partial charge in [-0.05, 0) is 31.4 Å². The minimum absolute atomic E-state index is 0.0712. The molecular weight excluding hydrogens is 286 g/mol. The number of rotatable bonds is 3. The summed E-state index contributed by atoms with van der Waals surface area (Å²) in [6.07, 6.45) is 5.11. The van der Waals surface area contributed by atoms with E-state index in [0.29, 0.717) is 23.0 Å². The van der Waals surface area contributed by atoms with Crippen molar-refractivity contribution in [1.82, 2.24) is 4.90 Å². The van der Waals surface area contributed by atoms with Crippen LogP contribution in [0.25, 0.3) is 0 Å². The lowest BCUT2D eigenvalue weighted by Gasteiger charge is -2.47. The minimum atomic E-state index is -0.484. The van der Waals surface area contributed by atoms with Crippen LogP contribution in [0.3, 0.4) is 0 Å². The van der Waals surface area contributed by atoms with Crippen LogP contribution in [-0.4, -0.2) is 41.0 Å².